The van der Waals surface area contributed by atoms with Gasteiger partial charge in [-0.3, -0.25) is 14.8 Å². The molecule has 1 aliphatic heterocycles. The summed E-state index contributed by atoms with van der Waals surface area (Å²) in [5, 5.41) is 16.8. The quantitative estimate of drug-likeness (QED) is 0.287. The van der Waals surface area contributed by atoms with Gasteiger partial charge in [0.1, 0.15) is 22.1 Å². The van der Waals surface area contributed by atoms with Crippen molar-refractivity contribution in [1.82, 2.24) is 24.8 Å². The van der Waals surface area contributed by atoms with E-state index in [0.29, 0.717) is 41.2 Å². The van der Waals surface area contributed by atoms with Crippen LogP contribution in [0.1, 0.15) is 86.9 Å². The van der Waals surface area contributed by atoms with Gasteiger partial charge >= 0.3 is 0 Å². The number of hydrogen-bond acceptors (Lipinski definition) is 8. The zero-order chi connectivity index (χ0) is 27.9. The average Bonchev–Trinajstić information content (AvgIpc) is 3.59. The molecule has 0 saturated carbocycles. The molecular formula is C30H35N5O2S2. The summed E-state index contributed by atoms with van der Waals surface area (Å²) in [5.74, 6) is 0.669. The molecule has 1 amide bonds. The van der Waals surface area contributed by atoms with Crippen molar-refractivity contribution in [2.45, 2.75) is 71.1 Å². The van der Waals surface area contributed by atoms with E-state index >= 15 is 0 Å². The fraction of sp³-hybridized carbons (Fsp3) is 0.433. The molecule has 0 aliphatic carbocycles. The number of aromatic nitrogens is 4. The first-order chi connectivity index (χ1) is 18.4. The summed E-state index contributed by atoms with van der Waals surface area (Å²) in [4.78, 5) is 33.0. The van der Waals surface area contributed by atoms with Crippen molar-refractivity contribution in [3.8, 4) is 27.7 Å². The van der Waals surface area contributed by atoms with Crippen LogP contribution >= 0.6 is 22.7 Å². The highest BCUT2D eigenvalue weighted by Crippen LogP contribution is 2.42. The molecule has 0 unspecified atom stereocenters. The third-order valence-corrected chi connectivity index (χ3v) is 9.05. The number of phenols is 1. The maximum atomic E-state index is 13.1. The van der Waals surface area contributed by atoms with Crippen LogP contribution in [0.5, 0.6) is 5.75 Å². The van der Waals surface area contributed by atoms with E-state index in [0.717, 1.165) is 40.2 Å². The lowest BCUT2D eigenvalue weighted by atomic mass is 9.78. The molecule has 1 fully saturated rings. The Bertz CT molecular complexity index is 1440. The Balaban J connectivity index is 1.30. The number of rotatable bonds is 4. The topological polar surface area (TPSA) is 92.1 Å². The molecule has 0 radical (unpaired) electrons. The van der Waals surface area contributed by atoms with Crippen LogP contribution in [-0.4, -0.2) is 48.9 Å². The second-order valence-electron chi connectivity index (χ2n) is 12.2. The van der Waals surface area contributed by atoms with Crippen molar-refractivity contribution in [1.29, 1.82) is 0 Å². The number of amides is 1. The van der Waals surface area contributed by atoms with Gasteiger partial charge in [0, 0.05) is 58.9 Å². The minimum absolute atomic E-state index is 0.0341. The Hall–Kier alpha value is -3.17. The maximum absolute atomic E-state index is 13.1. The van der Waals surface area contributed by atoms with Gasteiger partial charge in [-0.1, -0.05) is 41.5 Å². The lowest BCUT2D eigenvalue weighted by molar-refractivity contribution is 0.0708. The van der Waals surface area contributed by atoms with Crippen molar-refractivity contribution >= 4 is 28.6 Å². The number of nitrogens with zero attached hydrogens (tertiary/aromatic N) is 5. The molecule has 0 spiro atoms. The summed E-state index contributed by atoms with van der Waals surface area (Å²) in [6.07, 6.45) is 6.65. The van der Waals surface area contributed by atoms with Crippen molar-refractivity contribution in [2.24, 2.45) is 0 Å². The number of hydrogen-bond donors (Lipinski definition) is 1. The Morgan fingerprint density at radius 3 is 2.18 bits per heavy atom. The Labute approximate surface area is 238 Å². The van der Waals surface area contributed by atoms with E-state index < -0.39 is 0 Å². The zero-order valence-corrected chi connectivity index (χ0v) is 25.0. The van der Waals surface area contributed by atoms with Gasteiger partial charge in [-0.25, -0.2) is 9.97 Å². The Morgan fingerprint density at radius 2 is 1.59 bits per heavy atom. The van der Waals surface area contributed by atoms with E-state index in [1.807, 2.05) is 4.90 Å². The fourth-order valence-corrected chi connectivity index (χ4v) is 6.68. The van der Waals surface area contributed by atoms with Gasteiger partial charge in [0.25, 0.3) is 5.91 Å². The first kappa shape index (κ1) is 27.4. The maximum Gasteiger partial charge on any atom is 0.273 e. The van der Waals surface area contributed by atoms with Crippen LogP contribution in [0.4, 0.5) is 0 Å². The minimum Gasteiger partial charge on any atom is -0.507 e. The Kier molecular flexibility index (Phi) is 7.33. The smallest absolute Gasteiger partial charge is 0.273 e. The summed E-state index contributed by atoms with van der Waals surface area (Å²) in [7, 11) is 0. The summed E-state index contributed by atoms with van der Waals surface area (Å²) in [5.41, 5.74) is 4.63. The highest BCUT2D eigenvalue weighted by molar-refractivity contribution is 7.13. The third kappa shape index (κ3) is 5.75. The second-order valence-corrected chi connectivity index (χ2v) is 13.9. The number of carbonyl (C=O) groups excluding carboxylic acids is 1. The molecule has 9 heteroatoms. The van der Waals surface area contributed by atoms with Crippen LogP contribution in [0.15, 0.2) is 41.5 Å². The van der Waals surface area contributed by atoms with E-state index in [9.17, 15) is 9.90 Å². The average molecular weight is 562 g/mol. The summed E-state index contributed by atoms with van der Waals surface area (Å²) in [6, 6.07) is 4.18. The normalized spacial score (nSPS) is 15.1. The highest BCUT2D eigenvalue weighted by atomic mass is 32.1. The Morgan fingerprint density at radius 1 is 0.923 bits per heavy atom. The molecule has 0 bridgehead atoms. The van der Waals surface area contributed by atoms with Gasteiger partial charge < -0.3 is 10.0 Å². The van der Waals surface area contributed by atoms with Crippen molar-refractivity contribution in [3.63, 3.8) is 0 Å². The number of phenolic OH excluding ortho intramolecular Hbond substituents is 1. The monoisotopic (exact) mass is 561 g/mol. The first-order valence-corrected chi connectivity index (χ1v) is 15.0. The van der Waals surface area contributed by atoms with Crippen LogP contribution in [0.3, 0.4) is 0 Å². The van der Waals surface area contributed by atoms with Crippen molar-refractivity contribution in [2.75, 3.05) is 13.1 Å². The van der Waals surface area contributed by atoms with E-state index in [1.54, 1.807) is 35.3 Å². The minimum atomic E-state index is -0.190. The molecule has 4 heterocycles. The molecule has 1 saturated heterocycles. The highest BCUT2D eigenvalue weighted by Gasteiger charge is 2.30. The number of piperidine rings is 1. The predicted octanol–water partition coefficient (Wildman–Crippen LogP) is 7.04. The number of aromatic hydroxyl groups is 1. The SMILES string of the molecule is CC(C)(C)c1cc(-c2csc(C3CCN(C(=O)c4csc(-c5cnccn5)n4)CC3)n2)cc(C(C)(C)C)c1O. The van der Waals surface area contributed by atoms with Gasteiger partial charge in [-0.15, -0.1) is 22.7 Å². The largest absolute Gasteiger partial charge is 0.507 e. The number of benzene rings is 1. The molecular weight excluding hydrogens is 526 g/mol. The van der Waals surface area contributed by atoms with Gasteiger partial charge in [-0.05, 0) is 35.8 Å². The van der Waals surface area contributed by atoms with Gasteiger partial charge in [0.2, 0.25) is 0 Å². The van der Waals surface area contributed by atoms with E-state index in [2.05, 4.69) is 74.0 Å². The standard InChI is InChI=1S/C30H35N5O2S2/c1-29(2,3)20-13-19(14-21(25(20)36)30(4,5)6)23-16-38-26(33-23)18-7-11-35(12-8-18)28(37)24-17-39-27(34-24)22-15-31-9-10-32-22/h9-10,13-18,36H,7-8,11-12H2,1-6H3. The van der Waals surface area contributed by atoms with Gasteiger partial charge in [0.05, 0.1) is 16.9 Å². The molecule has 1 aromatic carbocycles. The van der Waals surface area contributed by atoms with Crippen molar-refractivity contribution in [3.05, 3.63) is 63.3 Å². The van der Waals surface area contributed by atoms with E-state index in [1.165, 1.54) is 11.3 Å². The summed E-state index contributed by atoms with van der Waals surface area (Å²) in [6.45, 7) is 14.1. The zero-order valence-electron chi connectivity index (χ0n) is 23.4. The summed E-state index contributed by atoms with van der Waals surface area (Å²) >= 11 is 3.10. The molecule has 5 rings (SSSR count). The van der Waals surface area contributed by atoms with Crippen LogP contribution in [0, 0.1) is 0 Å². The van der Waals surface area contributed by atoms with Crippen LogP contribution < -0.4 is 0 Å². The molecule has 39 heavy (non-hydrogen) atoms. The molecule has 1 N–H and O–H groups in total. The second kappa shape index (κ2) is 10.4. The third-order valence-electron chi connectivity index (χ3n) is 7.18. The lowest BCUT2D eigenvalue weighted by Crippen LogP contribution is -2.38. The van der Waals surface area contributed by atoms with Crippen molar-refractivity contribution < 1.29 is 9.90 Å². The number of thiazole rings is 2. The molecule has 1 aliphatic rings. The van der Waals surface area contributed by atoms with Crippen LogP contribution in [0.2, 0.25) is 0 Å². The molecule has 204 valence electrons. The number of carbonyl (C=O) groups is 1. The lowest BCUT2D eigenvalue weighted by Gasteiger charge is -2.30. The first-order valence-electron chi connectivity index (χ1n) is 13.3. The van der Waals surface area contributed by atoms with E-state index in [-0.39, 0.29) is 16.7 Å². The summed E-state index contributed by atoms with van der Waals surface area (Å²) < 4.78 is 0. The predicted molar refractivity (Wildman–Crippen MR) is 158 cm³/mol. The van der Waals surface area contributed by atoms with Gasteiger partial charge in [0.15, 0.2) is 0 Å². The van der Waals surface area contributed by atoms with E-state index in [4.69, 9.17) is 4.98 Å². The number of likely N-dealkylation sites (tertiary alicyclic amines) is 1. The molecule has 7 nitrogen and oxygen atoms in total. The van der Waals surface area contributed by atoms with Crippen LogP contribution in [0.25, 0.3) is 22.0 Å². The van der Waals surface area contributed by atoms with Crippen LogP contribution in [-0.2, 0) is 10.8 Å². The van der Waals surface area contributed by atoms with Gasteiger partial charge in [-0.2, -0.15) is 0 Å². The molecule has 0 atom stereocenters. The molecule has 4 aromatic rings. The fourth-order valence-electron chi connectivity index (χ4n) is 4.92. The molecule has 3 aromatic heterocycles.